The number of aromatic nitrogens is 2. The maximum atomic E-state index is 13.6. The lowest BCUT2D eigenvalue weighted by Crippen LogP contribution is -2.47. The molecule has 168 valence electrons. The number of carbonyl (C=O) groups is 1. The number of para-hydroxylation sites is 2. The molecule has 1 saturated carbocycles. The standard InChI is InChI=1S/C26H32N4O2/c1-4-29(26(32)27-20-13-6-5-7-14-20)19(3)24-28-22-16-10-9-15-21(22)25(31)30(24)23-17-11-8-12-18(23)2/h8-12,15-17,19-20H,4-7,13-14H2,1-3H3,(H,27,32). The Bertz CT molecular complexity index is 1160. The largest absolute Gasteiger partial charge is 0.335 e. The highest BCUT2D eigenvalue weighted by Crippen LogP contribution is 2.25. The van der Waals surface area contributed by atoms with E-state index in [2.05, 4.69) is 5.32 Å². The molecular formula is C26H32N4O2. The second-order valence-corrected chi connectivity index (χ2v) is 8.66. The molecule has 0 spiro atoms. The van der Waals surface area contributed by atoms with E-state index in [1.165, 1.54) is 6.42 Å². The summed E-state index contributed by atoms with van der Waals surface area (Å²) in [5.74, 6) is 0.573. The van der Waals surface area contributed by atoms with Gasteiger partial charge in [-0.1, -0.05) is 49.6 Å². The fourth-order valence-corrected chi connectivity index (χ4v) is 4.71. The fraction of sp³-hybridized carbons (Fsp3) is 0.423. The molecule has 1 aromatic heterocycles. The smallest absolute Gasteiger partial charge is 0.318 e. The van der Waals surface area contributed by atoms with Gasteiger partial charge in [-0.25, -0.2) is 9.78 Å². The number of urea groups is 1. The Balaban J connectivity index is 1.79. The van der Waals surface area contributed by atoms with E-state index in [9.17, 15) is 9.59 Å². The first-order valence-electron chi connectivity index (χ1n) is 11.7. The van der Waals surface area contributed by atoms with E-state index in [1.807, 2.05) is 63.2 Å². The number of carbonyl (C=O) groups excluding carboxylic acids is 1. The van der Waals surface area contributed by atoms with Gasteiger partial charge in [0.2, 0.25) is 0 Å². The Labute approximate surface area is 189 Å². The lowest BCUT2D eigenvalue weighted by atomic mass is 9.96. The Hall–Kier alpha value is -3.15. The number of nitrogens with one attached hydrogen (secondary N) is 1. The first-order chi connectivity index (χ1) is 15.5. The molecule has 1 fully saturated rings. The summed E-state index contributed by atoms with van der Waals surface area (Å²) in [6, 6.07) is 15.0. The molecule has 1 N–H and O–H groups in total. The number of aryl methyl sites for hydroxylation is 1. The molecule has 0 radical (unpaired) electrons. The monoisotopic (exact) mass is 432 g/mol. The normalized spacial score (nSPS) is 15.5. The topological polar surface area (TPSA) is 67.2 Å². The van der Waals surface area contributed by atoms with Crippen LogP contribution in [-0.2, 0) is 0 Å². The number of hydrogen-bond acceptors (Lipinski definition) is 3. The van der Waals surface area contributed by atoms with Gasteiger partial charge < -0.3 is 10.2 Å². The number of nitrogens with zero attached hydrogens (tertiary/aromatic N) is 3. The van der Waals surface area contributed by atoms with Crippen molar-refractivity contribution in [1.29, 1.82) is 0 Å². The van der Waals surface area contributed by atoms with E-state index in [-0.39, 0.29) is 23.7 Å². The molecule has 1 aliphatic carbocycles. The molecule has 1 aliphatic rings. The molecule has 3 aromatic rings. The lowest BCUT2D eigenvalue weighted by molar-refractivity contribution is 0.172. The van der Waals surface area contributed by atoms with Gasteiger partial charge in [0.25, 0.3) is 5.56 Å². The Morgan fingerprint density at radius 2 is 1.81 bits per heavy atom. The van der Waals surface area contributed by atoms with E-state index < -0.39 is 0 Å². The zero-order valence-electron chi connectivity index (χ0n) is 19.2. The number of hydrogen-bond donors (Lipinski definition) is 1. The molecule has 0 saturated heterocycles. The predicted octanol–water partition coefficient (Wildman–Crippen LogP) is 5.12. The van der Waals surface area contributed by atoms with Gasteiger partial charge in [-0.15, -0.1) is 0 Å². The van der Waals surface area contributed by atoms with Crippen molar-refractivity contribution in [2.75, 3.05) is 6.54 Å². The first kappa shape index (κ1) is 22.1. The van der Waals surface area contributed by atoms with Crippen molar-refractivity contribution in [1.82, 2.24) is 19.8 Å². The van der Waals surface area contributed by atoms with E-state index in [4.69, 9.17) is 4.98 Å². The minimum Gasteiger partial charge on any atom is -0.335 e. The SMILES string of the molecule is CCN(C(=O)NC1CCCCC1)C(C)c1nc2ccccc2c(=O)n1-c1ccccc1C. The summed E-state index contributed by atoms with van der Waals surface area (Å²) in [7, 11) is 0. The van der Waals surface area contributed by atoms with Crippen molar-refractivity contribution in [2.24, 2.45) is 0 Å². The summed E-state index contributed by atoms with van der Waals surface area (Å²) < 4.78 is 1.68. The fourth-order valence-electron chi connectivity index (χ4n) is 4.71. The van der Waals surface area contributed by atoms with Crippen LogP contribution in [0.25, 0.3) is 16.6 Å². The maximum Gasteiger partial charge on any atom is 0.318 e. The molecule has 1 atom stereocenters. The van der Waals surface area contributed by atoms with E-state index in [1.54, 1.807) is 15.5 Å². The van der Waals surface area contributed by atoms with Crippen LogP contribution in [0.1, 0.15) is 63.4 Å². The van der Waals surface area contributed by atoms with Crippen LogP contribution >= 0.6 is 0 Å². The van der Waals surface area contributed by atoms with Crippen molar-refractivity contribution in [3.63, 3.8) is 0 Å². The van der Waals surface area contributed by atoms with Gasteiger partial charge in [-0.05, 0) is 57.4 Å². The zero-order chi connectivity index (χ0) is 22.7. The van der Waals surface area contributed by atoms with Crippen LogP contribution in [0.15, 0.2) is 53.3 Å². The summed E-state index contributed by atoms with van der Waals surface area (Å²) in [6.07, 6.45) is 5.61. The molecule has 6 heteroatoms. The molecule has 0 bridgehead atoms. The molecule has 2 aromatic carbocycles. The summed E-state index contributed by atoms with van der Waals surface area (Å²) in [5.41, 5.74) is 2.31. The second-order valence-electron chi connectivity index (χ2n) is 8.66. The van der Waals surface area contributed by atoms with Gasteiger partial charge in [-0.2, -0.15) is 0 Å². The van der Waals surface area contributed by atoms with Crippen molar-refractivity contribution in [2.45, 2.75) is 65.0 Å². The number of rotatable bonds is 5. The molecule has 4 rings (SSSR count). The second kappa shape index (κ2) is 9.55. The summed E-state index contributed by atoms with van der Waals surface area (Å²) in [4.78, 5) is 33.5. The van der Waals surface area contributed by atoms with Crippen LogP contribution in [0, 0.1) is 6.92 Å². The van der Waals surface area contributed by atoms with Crippen LogP contribution in [0.2, 0.25) is 0 Å². The van der Waals surface area contributed by atoms with Gasteiger partial charge in [0, 0.05) is 12.6 Å². The quantitative estimate of drug-likeness (QED) is 0.608. The van der Waals surface area contributed by atoms with Gasteiger partial charge in [0.15, 0.2) is 0 Å². The predicted molar refractivity (Wildman–Crippen MR) is 128 cm³/mol. The molecule has 32 heavy (non-hydrogen) atoms. The van der Waals surface area contributed by atoms with E-state index in [0.29, 0.717) is 23.3 Å². The molecule has 1 unspecified atom stereocenters. The van der Waals surface area contributed by atoms with Gasteiger partial charge in [0.1, 0.15) is 5.82 Å². The van der Waals surface area contributed by atoms with E-state index >= 15 is 0 Å². The lowest BCUT2D eigenvalue weighted by Gasteiger charge is -2.32. The zero-order valence-corrected chi connectivity index (χ0v) is 19.2. The molecule has 2 amide bonds. The van der Waals surface area contributed by atoms with Crippen molar-refractivity contribution in [3.05, 3.63) is 70.3 Å². The molecule has 1 heterocycles. The van der Waals surface area contributed by atoms with Crippen LogP contribution in [0.4, 0.5) is 4.79 Å². The van der Waals surface area contributed by atoms with E-state index in [0.717, 1.165) is 36.9 Å². The Kier molecular flexibility index (Phi) is 6.58. The van der Waals surface area contributed by atoms with Crippen LogP contribution < -0.4 is 10.9 Å². The summed E-state index contributed by atoms with van der Waals surface area (Å²) >= 11 is 0. The molecule has 0 aliphatic heterocycles. The Morgan fingerprint density at radius 3 is 2.53 bits per heavy atom. The number of amides is 2. The molecular weight excluding hydrogens is 400 g/mol. The third-order valence-electron chi connectivity index (χ3n) is 6.53. The number of benzene rings is 2. The average Bonchev–Trinajstić information content (AvgIpc) is 2.81. The maximum absolute atomic E-state index is 13.6. The number of fused-ring (bicyclic) bond motifs is 1. The van der Waals surface area contributed by atoms with Crippen LogP contribution in [0.5, 0.6) is 0 Å². The average molecular weight is 433 g/mol. The van der Waals surface area contributed by atoms with Crippen molar-refractivity contribution < 1.29 is 4.79 Å². The Morgan fingerprint density at radius 1 is 1.12 bits per heavy atom. The summed E-state index contributed by atoms with van der Waals surface area (Å²) in [5, 5.41) is 3.79. The van der Waals surface area contributed by atoms with Gasteiger partial charge >= 0.3 is 6.03 Å². The third-order valence-corrected chi connectivity index (χ3v) is 6.53. The molecule has 6 nitrogen and oxygen atoms in total. The minimum atomic E-state index is -0.375. The third kappa shape index (κ3) is 4.27. The van der Waals surface area contributed by atoms with Crippen LogP contribution in [0.3, 0.4) is 0 Å². The highest BCUT2D eigenvalue weighted by Gasteiger charge is 2.27. The first-order valence-corrected chi connectivity index (χ1v) is 11.7. The highest BCUT2D eigenvalue weighted by molar-refractivity contribution is 5.78. The minimum absolute atomic E-state index is 0.0920. The summed E-state index contributed by atoms with van der Waals surface area (Å²) in [6.45, 7) is 6.43. The van der Waals surface area contributed by atoms with Gasteiger partial charge in [-0.3, -0.25) is 9.36 Å². The van der Waals surface area contributed by atoms with Crippen molar-refractivity contribution >= 4 is 16.9 Å². The van der Waals surface area contributed by atoms with Crippen molar-refractivity contribution in [3.8, 4) is 5.69 Å². The van der Waals surface area contributed by atoms with Gasteiger partial charge in [0.05, 0.1) is 22.6 Å². The highest BCUT2D eigenvalue weighted by atomic mass is 16.2. The van der Waals surface area contributed by atoms with Crippen LogP contribution in [-0.4, -0.2) is 33.1 Å².